The lowest BCUT2D eigenvalue weighted by atomic mass is 10.0. The SMILES string of the molecule is CC(C)c1ccc(/C=N/NC(=O)Cc2ccc3c4ccccc4n(C)c3c2)cc1. The number of rotatable bonds is 5. The summed E-state index contributed by atoms with van der Waals surface area (Å²) in [5.41, 5.74) is 8.17. The van der Waals surface area contributed by atoms with Crippen LogP contribution in [0, 0.1) is 0 Å². The fourth-order valence-corrected chi connectivity index (χ4v) is 3.69. The van der Waals surface area contributed by atoms with Crippen LogP contribution in [0.15, 0.2) is 71.8 Å². The Hall–Kier alpha value is -3.40. The van der Waals surface area contributed by atoms with Crippen molar-refractivity contribution >= 4 is 33.9 Å². The van der Waals surface area contributed by atoms with Crippen LogP contribution in [0.2, 0.25) is 0 Å². The fourth-order valence-electron chi connectivity index (χ4n) is 3.69. The van der Waals surface area contributed by atoms with E-state index >= 15 is 0 Å². The molecule has 1 N–H and O–H groups in total. The van der Waals surface area contributed by atoms with Gasteiger partial charge in [0.2, 0.25) is 5.91 Å². The van der Waals surface area contributed by atoms with Crippen molar-refractivity contribution in [3.8, 4) is 0 Å². The zero-order valence-electron chi connectivity index (χ0n) is 17.0. The summed E-state index contributed by atoms with van der Waals surface area (Å²) in [6, 6.07) is 22.8. The molecule has 4 heteroatoms. The van der Waals surface area contributed by atoms with E-state index in [1.807, 2.05) is 24.3 Å². The van der Waals surface area contributed by atoms with Crippen LogP contribution in [0.5, 0.6) is 0 Å². The van der Waals surface area contributed by atoms with Gasteiger partial charge in [0.05, 0.1) is 12.6 Å². The summed E-state index contributed by atoms with van der Waals surface area (Å²) >= 11 is 0. The molecule has 0 saturated carbocycles. The van der Waals surface area contributed by atoms with E-state index in [1.54, 1.807) is 6.21 Å². The van der Waals surface area contributed by atoms with Gasteiger partial charge in [0.15, 0.2) is 0 Å². The maximum absolute atomic E-state index is 12.3. The minimum Gasteiger partial charge on any atom is -0.344 e. The predicted molar refractivity (Wildman–Crippen MR) is 120 cm³/mol. The molecule has 146 valence electrons. The molecule has 4 nitrogen and oxygen atoms in total. The third-order valence-corrected chi connectivity index (χ3v) is 5.35. The Balaban J connectivity index is 1.44. The summed E-state index contributed by atoms with van der Waals surface area (Å²) in [6.45, 7) is 4.33. The molecule has 0 fully saturated rings. The number of fused-ring (bicyclic) bond motifs is 3. The summed E-state index contributed by atoms with van der Waals surface area (Å²) in [4.78, 5) is 12.3. The van der Waals surface area contributed by atoms with E-state index in [1.165, 1.54) is 21.9 Å². The Kier molecular flexibility index (Phi) is 5.17. The fraction of sp³-hybridized carbons (Fsp3) is 0.200. The van der Waals surface area contributed by atoms with E-state index in [0.717, 1.165) is 16.6 Å². The smallest absolute Gasteiger partial charge is 0.244 e. The zero-order chi connectivity index (χ0) is 20.4. The number of nitrogens with one attached hydrogen (secondary N) is 1. The first-order chi connectivity index (χ1) is 14.0. The monoisotopic (exact) mass is 383 g/mol. The quantitative estimate of drug-likeness (QED) is 0.376. The first-order valence-corrected chi connectivity index (χ1v) is 9.91. The molecule has 0 bridgehead atoms. The molecule has 1 aromatic heterocycles. The highest BCUT2D eigenvalue weighted by atomic mass is 16.2. The lowest BCUT2D eigenvalue weighted by molar-refractivity contribution is -0.120. The van der Waals surface area contributed by atoms with Gasteiger partial charge in [-0.1, -0.05) is 68.4 Å². The average Bonchev–Trinajstić information content (AvgIpc) is 3.00. The normalized spacial score (nSPS) is 11.7. The maximum atomic E-state index is 12.3. The Labute approximate surface area is 170 Å². The second kappa shape index (κ2) is 7.92. The van der Waals surface area contributed by atoms with Crippen molar-refractivity contribution in [2.24, 2.45) is 12.1 Å². The third-order valence-electron chi connectivity index (χ3n) is 5.35. The van der Waals surface area contributed by atoms with Crippen LogP contribution in [0.3, 0.4) is 0 Å². The number of hydrazone groups is 1. The van der Waals surface area contributed by atoms with Crippen molar-refractivity contribution in [2.45, 2.75) is 26.2 Å². The van der Waals surface area contributed by atoms with Gasteiger partial charge in [-0.15, -0.1) is 0 Å². The number of aryl methyl sites for hydroxylation is 1. The summed E-state index contributed by atoms with van der Waals surface area (Å²) in [5.74, 6) is 0.373. The van der Waals surface area contributed by atoms with Gasteiger partial charge in [0, 0.05) is 28.9 Å². The summed E-state index contributed by atoms with van der Waals surface area (Å²) in [6.07, 6.45) is 1.97. The largest absolute Gasteiger partial charge is 0.344 e. The van der Waals surface area contributed by atoms with Crippen LogP contribution in [0.25, 0.3) is 21.8 Å². The van der Waals surface area contributed by atoms with Gasteiger partial charge in [0.1, 0.15) is 0 Å². The van der Waals surface area contributed by atoms with Crippen molar-refractivity contribution in [3.05, 3.63) is 83.4 Å². The number of carbonyl (C=O) groups is 1. The molecule has 1 heterocycles. The molecule has 0 unspecified atom stereocenters. The number of carbonyl (C=O) groups excluding carboxylic acids is 1. The lowest BCUT2D eigenvalue weighted by Gasteiger charge is -2.05. The van der Waals surface area contributed by atoms with Crippen LogP contribution < -0.4 is 5.43 Å². The highest BCUT2D eigenvalue weighted by Crippen LogP contribution is 2.28. The van der Waals surface area contributed by atoms with Crippen molar-refractivity contribution < 1.29 is 4.79 Å². The van der Waals surface area contributed by atoms with Crippen molar-refractivity contribution in [2.75, 3.05) is 0 Å². The van der Waals surface area contributed by atoms with E-state index in [-0.39, 0.29) is 5.91 Å². The summed E-state index contributed by atoms with van der Waals surface area (Å²) in [5, 5.41) is 6.53. The third kappa shape index (κ3) is 3.92. The van der Waals surface area contributed by atoms with Crippen molar-refractivity contribution in [1.29, 1.82) is 0 Å². The molecule has 0 aliphatic rings. The molecule has 0 aliphatic carbocycles. The molecular weight excluding hydrogens is 358 g/mol. The first-order valence-electron chi connectivity index (χ1n) is 9.91. The van der Waals surface area contributed by atoms with E-state index in [4.69, 9.17) is 0 Å². The second-order valence-corrected chi connectivity index (χ2v) is 7.72. The zero-order valence-corrected chi connectivity index (χ0v) is 17.0. The number of hydrogen-bond donors (Lipinski definition) is 1. The predicted octanol–water partition coefficient (Wildman–Crippen LogP) is 5.15. The van der Waals surface area contributed by atoms with E-state index in [9.17, 15) is 4.79 Å². The topological polar surface area (TPSA) is 46.4 Å². The standard InChI is InChI=1S/C25H25N3O/c1-17(2)20-11-8-18(9-12-20)16-26-27-25(29)15-19-10-13-22-21-6-4-5-7-23(21)28(3)24(22)14-19/h4-14,16-17H,15H2,1-3H3,(H,27,29)/b26-16+. The van der Waals surface area contributed by atoms with Gasteiger partial charge in [-0.25, -0.2) is 5.43 Å². The number of amides is 1. The van der Waals surface area contributed by atoms with Crippen LogP contribution >= 0.6 is 0 Å². The number of nitrogens with zero attached hydrogens (tertiary/aromatic N) is 2. The molecule has 1 amide bonds. The molecule has 0 aliphatic heterocycles. The molecule has 4 rings (SSSR count). The van der Waals surface area contributed by atoms with E-state index < -0.39 is 0 Å². The van der Waals surface area contributed by atoms with Crippen LogP contribution in [0.4, 0.5) is 0 Å². The molecular formula is C25H25N3O. The van der Waals surface area contributed by atoms with E-state index in [0.29, 0.717) is 12.3 Å². The van der Waals surface area contributed by atoms with Crippen LogP contribution in [0.1, 0.15) is 36.5 Å². The Bertz CT molecular complexity index is 1200. The number of para-hydroxylation sites is 1. The van der Waals surface area contributed by atoms with E-state index in [2.05, 4.69) is 78.5 Å². The first kappa shape index (κ1) is 18.9. The second-order valence-electron chi connectivity index (χ2n) is 7.72. The molecule has 29 heavy (non-hydrogen) atoms. The minimum atomic E-state index is -0.127. The highest BCUT2D eigenvalue weighted by Gasteiger charge is 2.09. The average molecular weight is 383 g/mol. The van der Waals surface area contributed by atoms with Gasteiger partial charge in [-0.2, -0.15) is 5.10 Å². The minimum absolute atomic E-state index is 0.127. The maximum Gasteiger partial charge on any atom is 0.244 e. The molecule has 0 spiro atoms. The molecule has 0 saturated heterocycles. The van der Waals surface area contributed by atoms with Gasteiger partial charge >= 0.3 is 0 Å². The van der Waals surface area contributed by atoms with Gasteiger partial charge in [0.25, 0.3) is 0 Å². The van der Waals surface area contributed by atoms with Crippen molar-refractivity contribution in [1.82, 2.24) is 9.99 Å². The Morgan fingerprint density at radius 1 is 1.00 bits per heavy atom. The lowest BCUT2D eigenvalue weighted by Crippen LogP contribution is -2.19. The highest BCUT2D eigenvalue weighted by molar-refractivity contribution is 6.08. The molecule has 4 aromatic rings. The van der Waals surface area contributed by atoms with Gasteiger partial charge in [-0.05, 0) is 34.7 Å². The van der Waals surface area contributed by atoms with Gasteiger partial charge < -0.3 is 4.57 Å². The van der Waals surface area contributed by atoms with Crippen LogP contribution in [-0.2, 0) is 18.3 Å². The molecule has 0 radical (unpaired) electrons. The number of hydrogen-bond acceptors (Lipinski definition) is 2. The summed E-state index contributed by atoms with van der Waals surface area (Å²) in [7, 11) is 2.06. The van der Waals surface area contributed by atoms with Gasteiger partial charge in [-0.3, -0.25) is 4.79 Å². The van der Waals surface area contributed by atoms with Crippen molar-refractivity contribution in [3.63, 3.8) is 0 Å². The molecule has 3 aromatic carbocycles. The van der Waals surface area contributed by atoms with Crippen LogP contribution in [-0.4, -0.2) is 16.7 Å². The Morgan fingerprint density at radius 2 is 1.72 bits per heavy atom. The number of aromatic nitrogens is 1. The molecule has 0 atom stereocenters. The Morgan fingerprint density at radius 3 is 2.48 bits per heavy atom. The summed E-state index contributed by atoms with van der Waals surface area (Å²) < 4.78 is 2.17. The number of benzene rings is 3.